The molecule has 1 aromatic heterocycles. The Morgan fingerprint density at radius 2 is 1.86 bits per heavy atom. The molecule has 1 fully saturated rings. The van der Waals surface area contributed by atoms with E-state index in [1.54, 1.807) is 0 Å². The van der Waals surface area contributed by atoms with Gasteiger partial charge in [-0.15, -0.1) is 0 Å². The Balaban J connectivity index is 1.57. The van der Waals surface area contributed by atoms with Gasteiger partial charge in [0.05, 0.1) is 11.0 Å². The van der Waals surface area contributed by atoms with Crippen molar-refractivity contribution in [3.63, 3.8) is 0 Å². The summed E-state index contributed by atoms with van der Waals surface area (Å²) in [7, 11) is 0. The number of nitrogens with zero attached hydrogens (tertiary/aromatic N) is 2. The lowest BCUT2D eigenvalue weighted by Gasteiger charge is -2.25. The van der Waals surface area contributed by atoms with Crippen LogP contribution in [0.5, 0.6) is 11.5 Å². The first-order valence-corrected chi connectivity index (χ1v) is 12.0. The molecule has 6 N–H and O–H groups in total. The quantitative estimate of drug-likeness (QED) is 0.223. The highest BCUT2D eigenvalue weighted by Crippen LogP contribution is 2.35. The van der Waals surface area contributed by atoms with Gasteiger partial charge in [-0.25, -0.2) is 4.98 Å². The summed E-state index contributed by atoms with van der Waals surface area (Å²) >= 11 is 0. The van der Waals surface area contributed by atoms with Crippen LogP contribution in [0.3, 0.4) is 0 Å². The van der Waals surface area contributed by atoms with E-state index in [9.17, 15) is 4.79 Å². The number of nitrogens with one attached hydrogen (secondary N) is 2. The monoisotopic (exact) mass is 486 g/mol. The molecule has 3 aromatic carbocycles. The van der Waals surface area contributed by atoms with Gasteiger partial charge in [-0.1, -0.05) is 36.4 Å². The van der Waals surface area contributed by atoms with Crippen LogP contribution in [0.25, 0.3) is 21.8 Å². The van der Waals surface area contributed by atoms with Gasteiger partial charge in [0.25, 0.3) is 5.91 Å². The third-order valence-electron chi connectivity index (χ3n) is 6.59. The molecular weight excluding hydrogens is 456 g/mol. The predicted octanol–water partition coefficient (Wildman–Crippen LogP) is 2.83. The summed E-state index contributed by atoms with van der Waals surface area (Å²) in [6.45, 7) is 4.09. The van der Waals surface area contributed by atoms with Crippen molar-refractivity contribution in [1.29, 1.82) is 5.41 Å². The van der Waals surface area contributed by atoms with Gasteiger partial charge < -0.3 is 30.8 Å². The van der Waals surface area contributed by atoms with Crippen molar-refractivity contribution in [3.8, 4) is 11.5 Å². The number of amidine groups is 1. The van der Waals surface area contributed by atoms with Crippen LogP contribution in [0.4, 0.5) is 0 Å². The molecule has 5 rings (SSSR count). The Hall–Kier alpha value is -4.11. The first kappa shape index (κ1) is 23.6. The largest absolute Gasteiger partial charge is 0.486 e. The van der Waals surface area contributed by atoms with Crippen LogP contribution in [-0.4, -0.2) is 47.1 Å². The number of ether oxygens (including phenoxy) is 2. The van der Waals surface area contributed by atoms with Crippen LogP contribution >= 0.6 is 0 Å². The number of benzene rings is 3. The molecule has 36 heavy (non-hydrogen) atoms. The van der Waals surface area contributed by atoms with E-state index in [0.29, 0.717) is 18.0 Å². The molecule has 0 unspecified atom stereocenters. The van der Waals surface area contributed by atoms with E-state index in [1.807, 2.05) is 55.5 Å². The molecule has 186 valence electrons. The number of fused-ring (bicyclic) bond motifs is 2. The summed E-state index contributed by atoms with van der Waals surface area (Å²) in [6.07, 6.45) is 1.83. The highest BCUT2D eigenvalue weighted by Gasteiger charge is 2.20. The molecule has 1 aliphatic heterocycles. The molecule has 4 aromatic rings. The SMILES string of the molecule is Cc1nc2cc(OCC(N)=O)c(OC3CCNCC3)cc2n1Cc1ccc(C(=N)N)c2ccccc12. The van der Waals surface area contributed by atoms with Crippen molar-refractivity contribution in [1.82, 2.24) is 14.9 Å². The van der Waals surface area contributed by atoms with Crippen LogP contribution in [0.2, 0.25) is 0 Å². The summed E-state index contributed by atoms with van der Waals surface area (Å²) in [5.74, 6) is 1.37. The maximum absolute atomic E-state index is 11.4. The third-order valence-corrected chi connectivity index (χ3v) is 6.59. The van der Waals surface area contributed by atoms with Gasteiger partial charge in [0.15, 0.2) is 18.1 Å². The van der Waals surface area contributed by atoms with Gasteiger partial charge >= 0.3 is 0 Å². The van der Waals surface area contributed by atoms with Gasteiger partial charge in [-0.05, 0) is 49.2 Å². The van der Waals surface area contributed by atoms with Crippen molar-refractivity contribution < 1.29 is 14.3 Å². The van der Waals surface area contributed by atoms with Crippen LogP contribution in [0, 0.1) is 12.3 Å². The van der Waals surface area contributed by atoms with Crippen LogP contribution < -0.4 is 26.3 Å². The summed E-state index contributed by atoms with van der Waals surface area (Å²) in [6, 6.07) is 15.6. The van der Waals surface area contributed by atoms with E-state index in [1.165, 1.54) is 0 Å². The van der Waals surface area contributed by atoms with E-state index in [0.717, 1.165) is 64.7 Å². The number of imidazole rings is 1. The highest BCUT2D eigenvalue weighted by molar-refractivity contribution is 6.08. The number of aryl methyl sites for hydroxylation is 1. The minimum atomic E-state index is -0.550. The number of nitrogens with two attached hydrogens (primary N) is 2. The maximum Gasteiger partial charge on any atom is 0.255 e. The van der Waals surface area contributed by atoms with E-state index in [4.69, 9.17) is 31.3 Å². The topological polar surface area (TPSA) is 141 Å². The third kappa shape index (κ3) is 4.70. The molecule has 1 saturated heterocycles. The number of carbonyl (C=O) groups is 1. The second kappa shape index (κ2) is 9.87. The van der Waals surface area contributed by atoms with Crippen molar-refractivity contribution in [2.75, 3.05) is 19.7 Å². The molecule has 9 heteroatoms. The average Bonchev–Trinajstić information content (AvgIpc) is 3.16. The second-order valence-corrected chi connectivity index (χ2v) is 9.09. The van der Waals surface area contributed by atoms with Gasteiger partial charge in [-0.3, -0.25) is 10.2 Å². The van der Waals surface area contributed by atoms with Crippen molar-refractivity contribution >= 4 is 33.5 Å². The van der Waals surface area contributed by atoms with Crippen molar-refractivity contribution in [3.05, 3.63) is 65.5 Å². The molecule has 0 bridgehead atoms. The molecule has 9 nitrogen and oxygen atoms in total. The fraction of sp³-hybridized carbons (Fsp3) is 0.296. The minimum absolute atomic E-state index is 0.0465. The zero-order valence-electron chi connectivity index (χ0n) is 20.2. The molecule has 0 atom stereocenters. The average molecular weight is 487 g/mol. The Labute approximate surface area is 208 Å². The Morgan fingerprint density at radius 3 is 2.58 bits per heavy atom. The summed E-state index contributed by atoms with van der Waals surface area (Å²) in [5, 5.41) is 13.3. The fourth-order valence-corrected chi connectivity index (χ4v) is 4.80. The Kier molecular flexibility index (Phi) is 6.47. The Bertz CT molecular complexity index is 1460. The van der Waals surface area contributed by atoms with Crippen LogP contribution in [0.15, 0.2) is 48.5 Å². The fourth-order valence-electron chi connectivity index (χ4n) is 4.80. The number of amides is 1. The van der Waals surface area contributed by atoms with E-state index in [2.05, 4.69) is 9.88 Å². The number of carbonyl (C=O) groups excluding carboxylic acids is 1. The molecule has 2 heterocycles. The number of hydrogen-bond donors (Lipinski definition) is 4. The van der Waals surface area contributed by atoms with E-state index < -0.39 is 5.91 Å². The molecule has 1 amide bonds. The molecule has 0 saturated carbocycles. The number of aromatic nitrogens is 2. The van der Waals surface area contributed by atoms with Gasteiger partial charge in [0.1, 0.15) is 17.8 Å². The normalized spacial score (nSPS) is 14.2. The molecule has 1 aliphatic rings. The predicted molar refractivity (Wildman–Crippen MR) is 140 cm³/mol. The second-order valence-electron chi connectivity index (χ2n) is 9.09. The Morgan fingerprint density at radius 1 is 1.11 bits per heavy atom. The van der Waals surface area contributed by atoms with Crippen molar-refractivity contribution in [2.24, 2.45) is 11.5 Å². The lowest BCUT2D eigenvalue weighted by atomic mass is 9.99. The summed E-state index contributed by atoms with van der Waals surface area (Å²) in [5.41, 5.74) is 14.6. The van der Waals surface area contributed by atoms with Gasteiger partial charge in [0, 0.05) is 24.2 Å². The molecule has 0 spiro atoms. The first-order valence-electron chi connectivity index (χ1n) is 12.0. The lowest BCUT2D eigenvalue weighted by molar-refractivity contribution is -0.119. The minimum Gasteiger partial charge on any atom is -0.486 e. The maximum atomic E-state index is 11.4. The lowest BCUT2D eigenvalue weighted by Crippen LogP contribution is -2.34. The van der Waals surface area contributed by atoms with Gasteiger partial charge in [-0.2, -0.15) is 0 Å². The van der Waals surface area contributed by atoms with Crippen LogP contribution in [0.1, 0.15) is 29.8 Å². The highest BCUT2D eigenvalue weighted by atomic mass is 16.5. The first-order chi connectivity index (χ1) is 17.4. The van der Waals surface area contributed by atoms with E-state index in [-0.39, 0.29) is 18.5 Å². The zero-order chi connectivity index (χ0) is 25.2. The standard InChI is InChI=1S/C27H30N6O3/c1-16-32-22-12-24(35-15-26(28)34)25(36-18-8-10-31-11-9-18)13-23(22)33(16)14-17-6-7-21(27(29)30)20-5-3-2-4-19(17)20/h2-7,12-13,18,31H,8-11,14-15H2,1H3,(H2,28,34)(H3,29,30). The number of rotatable bonds is 8. The number of piperidine rings is 1. The van der Waals surface area contributed by atoms with Crippen LogP contribution in [-0.2, 0) is 11.3 Å². The van der Waals surface area contributed by atoms with E-state index >= 15 is 0 Å². The summed E-state index contributed by atoms with van der Waals surface area (Å²) in [4.78, 5) is 16.1. The number of nitrogen functional groups attached to an aromatic ring is 1. The number of hydrogen-bond acceptors (Lipinski definition) is 6. The summed E-state index contributed by atoms with van der Waals surface area (Å²) < 4.78 is 14.2. The molecule has 0 radical (unpaired) electrons. The molecule has 0 aliphatic carbocycles. The zero-order valence-corrected chi connectivity index (χ0v) is 20.2. The van der Waals surface area contributed by atoms with Crippen molar-refractivity contribution in [2.45, 2.75) is 32.4 Å². The smallest absolute Gasteiger partial charge is 0.255 e. The molecular formula is C27H30N6O3. The number of primary amides is 1. The van der Waals surface area contributed by atoms with Gasteiger partial charge in [0.2, 0.25) is 0 Å².